The number of hydrogen-bond donors (Lipinski definition) is 1. The van der Waals surface area contributed by atoms with Gasteiger partial charge >= 0.3 is 12.4 Å². The quantitative estimate of drug-likeness (QED) is 0.0803. The molecule has 0 saturated heterocycles. The van der Waals surface area contributed by atoms with Gasteiger partial charge < -0.3 is 24.1 Å². The molecule has 3 unspecified atom stereocenters. The van der Waals surface area contributed by atoms with Crippen LogP contribution in [-0.4, -0.2) is 49.4 Å². The van der Waals surface area contributed by atoms with Crippen LogP contribution in [0.25, 0.3) is 0 Å². The third-order valence-electron chi connectivity index (χ3n) is 9.91. The summed E-state index contributed by atoms with van der Waals surface area (Å²) in [4.78, 5) is 0. The van der Waals surface area contributed by atoms with Crippen LogP contribution in [0.2, 0.25) is 0 Å². The number of aromatic hydroxyl groups is 1. The van der Waals surface area contributed by atoms with Gasteiger partial charge in [0.15, 0.2) is 6.29 Å². The molecule has 284 valence electrons. The van der Waals surface area contributed by atoms with Gasteiger partial charge in [0.25, 0.3) is 5.60 Å². The van der Waals surface area contributed by atoms with Crippen LogP contribution >= 0.6 is 0 Å². The second-order valence-electron chi connectivity index (χ2n) is 14.4. The maximum Gasteiger partial charge on any atom is 0.426 e. The van der Waals surface area contributed by atoms with E-state index in [9.17, 15) is 31.4 Å². The Morgan fingerprint density at radius 3 is 1.65 bits per heavy atom. The van der Waals surface area contributed by atoms with Crippen LogP contribution in [-0.2, 0) is 36.9 Å². The summed E-state index contributed by atoms with van der Waals surface area (Å²) >= 11 is 0. The molecule has 3 aromatic carbocycles. The fraction of sp³-hybridized carbons (Fsp3) is 0.550. The van der Waals surface area contributed by atoms with Crippen molar-refractivity contribution in [3.8, 4) is 11.5 Å². The van der Waals surface area contributed by atoms with E-state index in [-0.39, 0.29) is 23.3 Å². The summed E-state index contributed by atoms with van der Waals surface area (Å²) in [6, 6.07) is 20.9. The van der Waals surface area contributed by atoms with Crippen molar-refractivity contribution in [3.05, 3.63) is 95.1 Å². The van der Waals surface area contributed by atoms with Crippen molar-refractivity contribution in [1.82, 2.24) is 0 Å². The third-order valence-corrected chi connectivity index (χ3v) is 9.91. The topological polar surface area (TPSA) is 57.2 Å². The zero-order valence-corrected chi connectivity index (χ0v) is 30.8. The van der Waals surface area contributed by atoms with Gasteiger partial charge in [0.1, 0.15) is 18.3 Å². The van der Waals surface area contributed by atoms with Crippen LogP contribution in [0.15, 0.2) is 72.8 Å². The SMILES string of the molecule is CCOCOC(Cc1ccc(C(C)(CC)CC(C)(CC(C)(C)c2ccc(O)cc2)c2ccc(OC(C)OCC)cc2)cc1)(C(F)(F)F)C(F)(F)F. The molecular weight excluding hydrogens is 674 g/mol. The van der Waals surface area contributed by atoms with Gasteiger partial charge in [-0.05, 0) is 103 Å². The standard InChI is InChI=1S/C40H52F6O5/c1-9-36(7,31-14-12-29(13-15-31)24-38(39(41,42)43,40(44,45)46)50-27-48-10-2)26-37(8,25-35(5,6)30-16-20-33(47)21-17-30)32-18-22-34(23-19-32)51-28(4)49-11-3/h12-23,28,47H,9-11,24-27H2,1-8H3. The lowest BCUT2D eigenvalue weighted by atomic mass is 9.60. The van der Waals surface area contributed by atoms with Crippen LogP contribution in [0.3, 0.4) is 0 Å². The molecular formula is C40H52F6O5. The van der Waals surface area contributed by atoms with E-state index < -0.39 is 48.3 Å². The largest absolute Gasteiger partial charge is 0.508 e. The van der Waals surface area contributed by atoms with Gasteiger partial charge in [-0.3, -0.25) is 0 Å². The number of ether oxygens (including phenoxy) is 4. The molecule has 0 fully saturated rings. The van der Waals surface area contributed by atoms with E-state index >= 15 is 0 Å². The van der Waals surface area contributed by atoms with Crippen molar-refractivity contribution in [2.75, 3.05) is 20.0 Å². The molecule has 0 aliphatic heterocycles. The number of halogens is 6. The van der Waals surface area contributed by atoms with Crippen molar-refractivity contribution in [2.45, 2.75) is 122 Å². The second kappa shape index (κ2) is 16.6. The van der Waals surface area contributed by atoms with Crippen LogP contribution < -0.4 is 4.74 Å². The fourth-order valence-electron chi connectivity index (χ4n) is 7.06. The zero-order valence-electron chi connectivity index (χ0n) is 30.8. The smallest absolute Gasteiger partial charge is 0.426 e. The van der Waals surface area contributed by atoms with Crippen LogP contribution in [0.5, 0.6) is 11.5 Å². The molecule has 0 aliphatic carbocycles. The average Bonchev–Trinajstić information content (AvgIpc) is 3.03. The van der Waals surface area contributed by atoms with Gasteiger partial charge in [0.2, 0.25) is 0 Å². The van der Waals surface area contributed by atoms with E-state index in [0.29, 0.717) is 31.6 Å². The van der Waals surface area contributed by atoms with Crippen molar-refractivity contribution in [1.29, 1.82) is 0 Å². The number of alkyl halides is 6. The van der Waals surface area contributed by atoms with Gasteiger partial charge in [0.05, 0.1) is 0 Å². The van der Waals surface area contributed by atoms with E-state index in [2.05, 4.69) is 32.4 Å². The molecule has 3 atom stereocenters. The number of phenols is 1. The molecule has 51 heavy (non-hydrogen) atoms. The molecule has 11 heteroatoms. The number of benzene rings is 3. The highest BCUT2D eigenvalue weighted by atomic mass is 19.4. The van der Waals surface area contributed by atoms with Gasteiger partial charge in [-0.15, -0.1) is 0 Å². The van der Waals surface area contributed by atoms with Gasteiger partial charge in [-0.1, -0.05) is 83.1 Å². The lowest BCUT2D eigenvalue weighted by Gasteiger charge is -2.44. The molecule has 0 saturated carbocycles. The summed E-state index contributed by atoms with van der Waals surface area (Å²) < 4.78 is 105. The minimum absolute atomic E-state index is 0.105. The first-order valence-electron chi connectivity index (χ1n) is 17.3. The zero-order chi connectivity index (χ0) is 38.3. The molecule has 0 bridgehead atoms. The van der Waals surface area contributed by atoms with Crippen molar-refractivity contribution in [2.24, 2.45) is 0 Å². The monoisotopic (exact) mass is 726 g/mol. The Balaban J connectivity index is 2.04. The van der Waals surface area contributed by atoms with E-state index in [1.165, 1.54) is 19.1 Å². The minimum Gasteiger partial charge on any atom is -0.508 e. The highest BCUT2D eigenvalue weighted by Crippen LogP contribution is 2.50. The van der Waals surface area contributed by atoms with Crippen molar-refractivity contribution >= 4 is 0 Å². The molecule has 3 rings (SSSR count). The Hall–Kier alpha value is -3.28. The first-order valence-corrected chi connectivity index (χ1v) is 17.3. The number of hydrogen-bond acceptors (Lipinski definition) is 5. The predicted molar refractivity (Wildman–Crippen MR) is 186 cm³/mol. The first-order chi connectivity index (χ1) is 23.6. The number of rotatable bonds is 18. The Kier molecular flexibility index (Phi) is 13.7. The molecule has 5 nitrogen and oxygen atoms in total. The summed E-state index contributed by atoms with van der Waals surface area (Å²) in [6.07, 6.45) is -11.5. The summed E-state index contributed by atoms with van der Waals surface area (Å²) in [7, 11) is 0. The maximum absolute atomic E-state index is 14.1. The molecule has 1 N–H and O–H groups in total. The Labute approximate surface area is 298 Å². The highest BCUT2D eigenvalue weighted by molar-refractivity contribution is 5.38. The Morgan fingerprint density at radius 1 is 0.647 bits per heavy atom. The molecule has 0 aliphatic rings. The van der Waals surface area contributed by atoms with Gasteiger partial charge in [-0.2, -0.15) is 26.3 Å². The Bertz CT molecular complexity index is 1490. The summed E-state index contributed by atoms with van der Waals surface area (Å²) in [6.45, 7) is 14.9. The third kappa shape index (κ3) is 10.2. The maximum atomic E-state index is 14.1. The highest BCUT2D eigenvalue weighted by Gasteiger charge is 2.72. The van der Waals surface area contributed by atoms with Crippen LogP contribution in [0, 0.1) is 0 Å². The van der Waals surface area contributed by atoms with Gasteiger partial charge in [-0.25, -0.2) is 0 Å². The van der Waals surface area contributed by atoms with Crippen LogP contribution in [0.1, 0.15) is 96.9 Å². The normalized spacial score (nSPS) is 16.0. The molecule has 0 amide bonds. The average molecular weight is 727 g/mol. The molecule has 0 spiro atoms. The molecule has 0 heterocycles. The molecule has 3 aromatic rings. The lowest BCUT2D eigenvalue weighted by Crippen LogP contribution is -2.60. The van der Waals surface area contributed by atoms with Gasteiger partial charge in [0, 0.05) is 19.6 Å². The minimum atomic E-state index is -5.74. The van der Waals surface area contributed by atoms with E-state index in [0.717, 1.165) is 16.7 Å². The van der Waals surface area contributed by atoms with E-state index in [4.69, 9.17) is 14.2 Å². The first kappa shape index (κ1) is 42.1. The van der Waals surface area contributed by atoms with E-state index in [1.807, 2.05) is 57.2 Å². The molecule has 0 aromatic heterocycles. The Morgan fingerprint density at radius 2 is 1.16 bits per heavy atom. The molecule has 0 radical (unpaired) electrons. The van der Waals surface area contributed by atoms with Crippen molar-refractivity contribution < 1.29 is 50.4 Å². The predicted octanol–water partition coefficient (Wildman–Crippen LogP) is 11.0. The fourth-order valence-corrected chi connectivity index (χ4v) is 7.06. The van der Waals surface area contributed by atoms with Crippen molar-refractivity contribution in [3.63, 3.8) is 0 Å². The second-order valence-corrected chi connectivity index (χ2v) is 14.4. The van der Waals surface area contributed by atoms with E-state index in [1.54, 1.807) is 24.3 Å². The summed E-state index contributed by atoms with van der Waals surface area (Å²) in [5.41, 5.74) is -3.13. The summed E-state index contributed by atoms with van der Waals surface area (Å²) in [5, 5.41) is 9.93. The number of phenolic OH excluding ortho intramolecular Hbond substituents is 1. The summed E-state index contributed by atoms with van der Waals surface area (Å²) in [5.74, 6) is 0.812. The van der Waals surface area contributed by atoms with Crippen LogP contribution in [0.4, 0.5) is 26.3 Å². The lowest BCUT2D eigenvalue weighted by molar-refractivity contribution is -0.392.